The molecule has 0 spiro atoms. The lowest BCUT2D eigenvalue weighted by molar-refractivity contribution is 0.338. The molecule has 0 aliphatic carbocycles. The summed E-state index contributed by atoms with van der Waals surface area (Å²) in [5, 5.41) is 8.55. The van der Waals surface area contributed by atoms with Crippen LogP contribution in [0.2, 0.25) is 5.02 Å². The molecule has 0 amide bonds. The number of likely N-dealkylation sites (N-methyl/N-ethyl adjacent to an activating group) is 1. The maximum absolute atomic E-state index is 15.5. The highest BCUT2D eigenvalue weighted by Gasteiger charge is 2.24. The SMILES string of the molecule is CN1CCN(c2ccc(Cl)cc2)c2ccc(-c3ccc(N)nn3)c(F)c2C1. The van der Waals surface area contributed by atoms with Crippen LogP contribution in [0.5, 0.6) is 0 Å². The molecule has 0 atom stereocenters. The minimum atomic E-state index is -0.278. The molecule has 0 fully saturated rings. The maximum Gasteiger partial charge on any atom is 0.146 e. The van der Waals surface area contributed by atoms with Crippen LogP contribution in [0.4, 0.5) is 21.6 Å². The molecule has 4 rings (SSSR count). The van der Waals surface area contributed by atoms with Gasteiger partial charge in [0.15, 0.2) is 0 Å². The number of nitrogen functional groups attached to an aromatic ring is 1. The molecule has 1 aliphatic rings. The van der Waals surface area contributed by atoms with E-state index in [2.05, 4.69) is 20.0 Å². The Kier molecular flexibility index (Phi) is 4.68. The number of halogens is 2. The lowest BCUT2D eigenvalue weighted by Crippen LogP contribution is -2.26. The normalized spacial score (nSPS) is 14.7. The summed E-state index contributed by atoms with van der Waals surface area (Å²) in [4.78, 5) is 4.23. The van der Waals surface area contributed by atoms with Crippen molar-refractivity contribution in [2.45, 2.75) is 6.54 Å². The van der Waals surface area contributed by atoms with E-state index in [-0.39, 0.29) is 5.82 Å². The summed E-state index contributed by atoms with van der Waals surface area (Å²) in [7, 11) is 1.99. The van der Waals surface area contributed by atoms with Crippen molar-refractivity contribution >= 4 is 28.8 Å². The van der Waals surface area contributed by atoms with E-state index in [1.165, 1.54) is 0 Å². The number of aromatic nitrogens is 2. The van der Waals surface area contributed by atoms with E-state index >= 15 is 4.39 Å². The van der Waals surface area contributed by atoms with Crippen LogP contribution < -0.4 is 10.6 Å². The Morgan fingerprint density at radius 3 is 2.48 bits per heavy atom. The van der Waals surface area contributed by atoms with Crippen molar-refractivity contribution < 1.29 is 4.39 Å². The molecule has 0 unspecified atom stereocenters. The average molecular weight is 384 g/mol. The van der Waals surface area contributed by atoms with Crippen molar-refractivity contribution in [3.8, 4) is 11.3 Å². The molecule has 5 nitrogen and oxygen atoms in total. The van der Waals surface area contributed by atoms with E-state index in [9.17, 15) is 0 Å². The van der Waals surface area contributed by atoms with E-state index in [0.717, 1.165) is 24.5 Å². The fourth-order valence-electron chi connectivity index (χ4n) is 3.33. The van der Waals surface area contributed by atoms with E-state index < -0.39 is 0 Å². The predicted molar refractivity (Wildman–Crippen MR) is 107 cm³/mol. The lowest BCUT2D eigenvalue weighted by Gasteiger charge is -2.25. The zero-order chi connectivity index (χ0) is 19.0. The zero-order valence-electron chi connectivity index (χ0n) is 14.9. The standard InChI is InChI=1S/C20H19ClFN5/c1-26-10-11-27(14-4-2-13(21)3-5-14)18-8-6-15(20(22)16(18)12-26)17-7-9-19(23)25-24-17/h2-9H,10-12H2,1H3,(H2,23,25). The Bertz CT molecular complexity index is 959. The van der Waals surface area contributed by atoms with Crippen LogP contribution in [0, 0.1) is 5.82 Å². The zero-order valence-corrected chi connectivity index (χ0v) is 15.6. The van der Waals surface area contributed by atoms with Crippen molar-refractivity contribution in [1.29, 1.82) is 0 Å². The van der Waals surface area contributed by atoms with E-state index in [1.54, 1.807) is 18.2 Å². The summed E-state index contributed by atoms with van der Waals surface area (Å²) in [5.74, 6) is 0.0295. The fraction of sp³-hybridized carbons (Fsp3) is 0.200. The van der Waals surface area contributed by atoms with Gasteiger partial charge in [-0.2, -0.15) is 0 Å². The van der Waals surface area contributed by atoms with Crippen molar-refractivity contribution in [2.75, 3.05) is 30.8 Å². The van der Waals surface area contributed by atoms with Crippen LogP contribution in [-0.2, 0) is 6.54 Å². The molecule has 2 N–H and O–H groups in total. The van der Waals surface area contributed by atoms with Crippen LogP contribution in [0.15, 0.2) is 48.5 Å². The summed E-state index contributed by atoms with van der Waals surface area (Å²) in [6.45, 7) is 2.08. The molecule has 2 heterocycles. The van der Waals surface area contributed by atoms with Gasteiger partial charge in [0.1, 0.15) is 11.6 Å². The van der Waals surface area contributed by atoms with Gasteiger partial charge in [-0.1, -0.05) is 11.6 Å². The topological polar surface area (TPSA) is 58.3 Å². The number of anilines is 3. The molecule has 0 bridgehead atoms. The smallest absolute Gasteiger partial charge is 0.146 e. The third-order valence-corrected chi connectivity index (χ3v) is 4.99. The number of hydrogen-bond donors (Lipinski definition) is 1. The fourth-order valence-corrected chi connectivity index (χ4v) is 3.45. The first-order valence-electron chi connectivity index (χ1n) is 8.65. The van der Waals surface area contributed by atoms with Gasteiger partial charge in [-0.25, -0.2) is 4.39 Å². The Labute approximate surface area is 162 Å². The van der Waals surface area contributed by atoms with Crippen LogP contribution in [-0.4, -0.2) is 35.2 Å². The average Bonchev–Trinajstić information content (AvgIpc) is 2.83. The minimum absolute atomic E-state index is 0.278. The van der Waals surface area contributed by atoms with Gasteiger partial charge in [0.2, 0.25) is 0 Å². The molecule has 2 aromatic carbocycles. The Balaban J connectivity index is 1.83. The summed E-state index contributed by atoms with van der Waals surface area (Å²) in [5.41, 5.74) is 8.96. The Morgan fingerprint density at radius 1 is 1.00 bits per heavy atom. The third kappa shape index (κ3) is 3.46. The van der Waals surface area contributed by atoms with Gasteiger partial charge in [0.25, 0.3) is 0 Å². The highest BCUT2D eigenvalue weighted by molar-refractivity contribution is 6.30. The molecule has 27 heavy (non-hydrogen) atoms. The quantitative estimate of drug-likeness (QED) is 0.721. The molecule has 0 saturated carbocycles. The third-order valence-electron chi connectivity index (χ3n) is 4.74. The van der Waals surface area contributed by atoms with Crippen molar-refractivity contribution in [2.24, 2.45) is 0 Å². The molecule has 1 aliphatic heterocycles. The van der Waals surface area contributed by atoms with Gasteiger partial charge in [-0.05, 0) is 55.6 Å². The maximum atomic E-state index is 15.5. The van der Waals surface area contributed by atoms with Crippen molar-refractivity contribution in [3.63, 3.8) is 0 Å². The highest BCUT2D eigenvalue weighted by Crippen LogP contribution is 2.36. The largest absolute Gasteiger partial charge is 0.382 e. The number of hydrogen-bond acceptors (Lipinski definition) is 5. The number of benzene rings is 2. The van der Waals surface area contributed by atoms with Gasteiger partial charge in [0.05, 0.1) is 5.69 Å². The van der Waals surface area contributed by atoms with Crippen molar-refractivity contribution in [3.05, 3.63) is 64.9 Å². The van der Waals surface area contributed by atoms with E-state index in [4.69, 9.17) is 17.3 Å². The van der Waals surface area contributed by atoms with Crippen LogP contribution in [0.3, 0.4) is 0 Å². The van der Waals surface area contributed by atoms with Gasteiger partial charge in [-0.15, -0.1) is 10.2 Å². The summed E-state index contributed by atoms with van der Waals surface area (Å²) >= 11 is 6.02. The Hall–Kier alpha value is -2.70. The van der Waals surface area contributed by atoms with Crippen LogP contribution >= 0.6 is 11.6 Å². The number of nitrogens with two attached hydrogens (primary N) is 1. The monoisotopic (exact) mass is 383 g/mol. The van der Waals surface area contributed by atoms with Crippen molar-refractivity contribution in [1.82, 2.24) is 15.1 Å². The molecule has 138 valence electrons. The van der Waals surface area contributed by atoms with Gasteiger partial charge in [-0.3, -0.25) is 0 Å². The first kappa shape index (κ1) is 17.7. The number of nitrogens with zero attached hydrogens (tertiary/aromatic N) is 4. The van der Waals surface area contributed by atoms with E-state index in [0.29, 0.717) is 34.2 Å². The number of rotatable bonds is 2. The first-order valence-corrected chi connectivity index (χ1v) is 9.03. The molecular formula is C20H19ClFN5. The predicted octanol–water partition coefficient (Wildman–Crippen LogP) is 4.10. The van der Waals surface area contributed by atoms with Gasteiger partial charge in [0, 0.05) is 47.2 Å². The second-order valence-electron chi connectivity index (χ2n) is 6.63. The molecule has 0 saturated heterocycles. The molecular weight excluding hydrogens is 365 g/mol. The van der Waals surface area contributed by atoms with E-state index in [1.807, 2.05) is 37.4 Å². The van der Waals surface area contributed by atoms with Crippen LogP contribution in [0.1, 0.15) is 5.56 Å². The second-order valence-corrected chi connectivity index (χ2v) is 7.07. The second kappa shape index (κ2) is 7.13. The Morgan fingerprint density at radius 2 is 1.78 bits per heavy atom. The van der Waals surface area contributed by atoms with Crippen LogP contribution in [0.25, 0.3) is 11.3 Å². The summed E-state index contributed by atoms with van der Waals surface area (Å²) in [6, 6.07) is 14.6. The highest BCUT2D eigenvalue weighted by atomic mass is 35.5. The minimum Gasteiger partial charge on any atom is -0.382 e. The summed E-state index contributed by atoms with van der Waals surface area (Å²) < 4.78 is 15.5. The first-order chi connectivity index (χ1) is 13.0. The van der Waals surface area contributed by atoms with Gasteiger partial charge >= 0.3 is 0 Å². The molecule has 3 aromatic rings. The molecule has 1 aromatic heterocycles. The lowest BCUT2D eigenvalue weighted by atomic mass is 10.0. The molecule has 0 radical (unpaired) electrons. The molecule has 7 heteroatoms. The number of fused-ring (bicyclic) bond motifs is 1. The summed E-state index contributed by atoms with van der Waals surface area (Å²) in [6.07, 6.45) is 0. The van der Waals surface area contributed by atoms with Gasteiger partial charge < -0.3 is 15.5 Å².